The number of hydrogen-bond acceptors (Lipinski definition) is 4. The van der Waals surface area contributed by atoms with Gasteiger partial charge in [-0.05, 0) is 29.5 Å². The van der Waals surface area contributed by atoms with Crippen LogP contribution in [0.2, 0.25) is 0 Å². The van der Waals surface area contributed by atoms with Gasteiger partial charge in [-0.25, -0.2) is 0 Å². The smallest absolute Gasteiger partial charge is 0.240 e. The summed E-state index contributed by atoms with van der Waals surface area (Å²) in [6.07, 6.45) is 1.13. The van der Waals surface area contributed by atoms with E-state index in [9.17, 15) is 4.79 Å². The lowest BCUT2D eigenvalue weighted by molar-refractivity contribution is -0.129. The first-order valence-corrected chi connectivity index (χ1v) is 9.00. The number of nitrogens with two attached hydrogens (primary N) is 1. The van der Waals surface area contributed by atoms with E-state index >= 15 is 0 Å². The summed E-state index contributed by atoms with van der Waals surface area (Å²) >= 11 is 0. The van der Waals surface area contributed by atoms with Crippen LogP contribution in [0.25, 0.3) is 0 Å². The van der Waals surface area contributed by atoms with E-state index in [1.807, 2.05) is 42.5 Å². The second-order valence-electron chi connectivity index (χ2n) is 6.75. The molecule has 26 heavy (non-hydrogen) atoms. The lowest BCUT2D eigenvalue weighted by Gasteiger charge is -2.31. The molecule has 0 atom stereocenters. The molecule has 1 saturated heterocycles. The summed E-state index contributed by atoms with van der Waals surface area (Å²) < 4.78 is 11.0. The summed E-state index contributed by atoms with van der Waals surface area (Å²) in [6.45, 7) is 2.72. The van der Waals surface area contributed by atoms with Crippen LogP contribution < -0.4 is 11.1 Å². The average molecular weight is 354 g/mol. The molecule has 2 aromatic carbocycles. The summed E-state index contributed by atoms with van der Waals surface area (Å²) in [4.78, 5) is 12.3. The Kier molecular flexibility index (Phi) is 6.39. The van der Waals surface area contributed by atoms with Crippen molar-refractivity contribution in [2.45, 2.75) is 38.1 Å². The zero-order valence-electron chi connectivity index (χ0n) is 14.9. The number of carbonyl (C=O) groups excluding carboxylic acids is 1. The number of nitrogens with one attached hydrogen (secondary N) is 1. The Morgan fingerprint density at radius 1 is 0.962 bits per heavy atom. The quantitative estimate of drug-likeness (QED) is 0.801. The zero-order valence-corrected chi connectivity index (χ0v) is 14.9. The first-order chi connectivity index (χ1) is 12.7. The Balaban J connectivity index is 1.43. The van der Waals surface area contributed by atoms with Crippen molar-refractivity contribution >= 4 is 5.91 Å². The highest BCUT2D eigenvalue weighted by molar-refractivity contribution is 5.86. The van der Waals surface area contributed by atoms with Crippen LogP contribution in [0.5, 0.6) is 0 Å². The highest BCUT2D eigenvalue weighted by Crippen LogP contribution is 2.18. The van der Waals surface area contributed by atoms with Crippen LogP contribution in [0.1, 0.15) is 29.5 Å². The fraction of sp³-hybridized carbons (Fsp3) is 0.381. The first kappa shape index (κ1) is 18.6. The van der Waals surface area contributed by atoms with E-state index in [1.165, 1.54) is 0 Å². The van der Waals surface area contributed by atoms with Crippen LogP contribution in [0, 0.1) is 0 Å². The Morgan fingerprint density at radius 2 is 1.54 bits per heavy atom. The van der Waals surface area contributed by atoms with Crippen LogP contribution in [0.3, 0.4) is 0 Å². The van der Waals surface area contributed by atoms with Crippen molar-refractivity contribution in [3.8, 4) is 0 Å². The molecule has 1 amide bonds. The van der Waals surface area contributed by atoms with E-state index in [0.717, 1.165) is 16.7 Å². The number of ether oxygens (including phenoxy) is 2. The van der Waals surface area contributed by atoms with E-state index in [0.29, 0.717) is 45.8 Å². The summed E-state index contributed by atoms with van der Waals surface area (Å²) in [6, 6.07) is 18.2. The van der Waals surface area contributed by atoms with Crippen molar-refractivity contribution in [1.82, 2.24) is 5.32 Å². The molecule has 2 aromatic rings. The molecule has 5 heteroatoms. The highest BCUT2D eigenvalue weighted by atomic mass is 16.5. The van der Waals surface area contributed by atoms with Gasteiger partial charge in [-0.15, -0.1) is 0 Å². The van der Waals surface area contributed by atoms with Gasteiger partial charge >= 0.3 is 0 Å². The standard InChI is InChI=1S/C21H26N2O3/c22-21(10-12-25-13-11-21)20(24)23-14-17-6-8-19(9-7-17)16-26-15-18-4-2-1-3-5-18/h1-9H,10-16,22H2,(H,23,24). The number of amides is 1. The average Bonchev–Trinajstić information content (AvgIpc) is 2.68. The first-order valence-electron chi connectivity index (χ1n) is 9.00. The van der Waals surface area contributed by atoms with E-state index in [2.05, 4.69) is 17.4 Å². The van der Waals surface area contributed by atoms with Gasteiger partial charge in [0.1, 0.15) is 0 Å². The van der Waals surface area contributed by atoms with Gasteiger partial charge in [0.05, 0.1) is 18.8 Å². The van der Waals surface area contributed by atoms with E-state index in [-0.39, 0.29) is 5.91 Å². The molecular weight excluding hydrogens is 328 g/mol. The molecule has 0 unspecified atom stereocenters. The van der Waals surface area contributed by atoms with Crippen molar-refractivity contribution in [3.05, 3.63) is 71.3 Å². The maximum atomic E-state index is 12.3. The van der Waals surface area contributed by atoms with E-state index < -0.39 is 5.54 Å². The molecule has 1 aliphatic rings. The summed E-state index contributed by atoms with van der Waals surface area (Å²) in [7, 11) is 0. The lowest BCUT2D eigenvalue weighted by Crippen LogP contribution is -2.56. The van der Waals surface area contributed by atoms with E-state index in [4.69, 9.17) is 15.2 Å². The zero-order chi connectivity index (χ0) is 18.2. The van der Waals surface area contributed by atoms with Gasteiger partial charge in [0.2, 0.25) is 5.91 Å². The van der Waals surface area contributed by atoms with Crippen LogP contribution >= 0.6 is 0 Å². The molecule has 0 aromatic heterocycles. The van der Waals surface area contributed by atoms with Gasteiger partial charge in [-0.2, -0.15) is 0 Å². The van der Waals surface area contributed by atoms with Crippen LogP contribution in [0.4, 0.5) is 0 Å². The fourth-order valence-corrected chi connectivity index (χ4v) is 2.94. The molecule has 1 heterocycles. The summed E-state index contributed by atoms with van der Waals surface area (Å²) in [5.74, 6) is -0.101. The second-order valence-corrected chi connectivity index (χ2v) is 6.75. The normalized spacial score (nSPS) is 16.2. The Labute approximate surface area is 154 Å². The van der Waals surface area contributed by atoms with Gasteiger partial charge < -0.3 is 20.5 Å². The SMILES string of the molecule is NC1(C(=O)NCc2ccc(COCc3ccccc3)cc2)CCOCC1. The molecule has 138 valence electrons. The largest absolute Gasteiger partial charge is 0.381 e. The minimum atomic E-state index is -0.802. The third-order valence-electron chi connectivity index (χ3n) is 4.69. The predicted molar refractivity (Wildman–Crippen MR) is 100 cm³/mol. The fourth-order valence-electron chi connectivity index (χ4n) is 2.94. The monoisotopic (exact) mass is 354 g/mol. The van der Waals surface area contributed by atoms with Crippen LogP contribution in [0.15, 0.2) is 54.6 Å². The van der Waals surface area contributed by atoms with E-state index in [1.54, 1.807) is 0 Å². The minimum Gasteiger partial charge on any atom is -0.381 e. The van der Waals surface area contributed by atoms with Crippen molar-refractivity contribution < 1.29 is 14.3 Å². The molecule has 3 rings (SSSR count). The molecule has 0 bridgehead atoms. The van der Waals surface area contributed by atoms with Crippen molar-refractivity contribution in [1.29, 1.82) is 0 Å². The Morgan fingerprint density at radius 3 is 2.19 bits per heavy atom. The molecule has 0 radical (unpaired) electrons. The maximum absolute atomic E-state index is 12.3. The number of carbonyl (C=O) groups is 1. The van der Waals surface area contributed by atoms with Gasteiger partial charge in [0, 0.05) is 19.8 Å². The molecule has 0 aliphatic carbocycles. The van der Waals surface area contributed by atoms with Gasteiger partial charge in [-0.1, -0.05) is 54.6 Å². The number of hydrogen-bond donors (Lipinski definition) is 2. The Hall–Kier alpha value is -2.21. The lowest BCUT2D eigenvalue weighted by atomic mass is 9.90. The summed E-state index contributed by atoms with van der Waals surface area (Å²) in [5, 5.41) is 2.94. The number of rotatable bonds is 7. The molecule has 0 saturated carbocycles. The minimum absolute atomic E-state index is 0.101. The Bertz CT molecular complexity index is 695. The predicted octanol–water partition coefficient (Wildman–Crippen LogP) is 2.53. The van der Waals surface area contributed by atoms with Gasteiger partial charge in [0.25, 0.3) is 0 Å². The van der Waals surface area contributed by atoms with Gasteiger partial charge in [-0.3, -0.25) is 4.79 Å². The van der Waals surface area contributed by atoms with Crippen molar-refractivity contribution in [2.24, 2.45) is 5.73 Å². The number of benzene rings is 2. The second kappa shape index (κ2) is 8.94. The van der Waals surface area contributed by atoms with Crippen LogP contribution in [-0.4, -0.2) is 24.7 Å². The third-order valence-corrected chi connectivity index (χ3v) is 4.69. The molecule has 5 nitrogen and oxygen atoms in total. The van der Waals surface area contributed by atoms with Crippen LogP contribution in [-0.2, 0) is 34.0 Å². The molecule has 0 spiro atoms. The highest BCUT2D eigenvalue weighted by Gasteiger charge is 2.35. The maximum Gasteiger partial charge on any atom is 0.240 e. The van der Waals surface area contributed by atoms with Gasteiger partial charge in [0.15, 0.2) is 0 Å². The third kappa shape index (κ3) is 5.14. The van der Waals surface area contributed by atoms with Crippen molar-refractivity contribution in [2.75, 3.05) is 13.2 Å². The topological polar surface area (TPSA) is 73.6 Å². The molecule has 3 N–H and O–H groups in total. The molecule has 1 fully saturated rings. The summed E-state index contributed by atoms with van der Waals surface area (Å²) in [5.41, 5.74) is 8.70. The molecular formula is C21H26N2O3. The molecule has 1 aliphatic heterocycles. The van der Waals surface area contributed by atoms with Crippen molar-refractivity contribution in [3.63, 3.8) is 0 Å².